The van der Waals surface area contributed by atoms with Crippen molar-refractivity contribution in [3.63, 3.8) is 0 Å². The van der Waals surface area contributed by atoms with Gasteiger partial charge in [-0.2, -0.15) is 8.42 Å². The Morgan fingerprint density at radius 2 is 2.11 bits per heavy atom. The lowest BCUT2D eigenvalue weighted by atomic mass is 9.85. The van der Waals surface area contributed by atoms with Gasteiger partial charge in [-0.25, -0.2) is 0 Å². The first-order chi connectivity index (χ1) is 13.0. The van der Waals surface area contributed by atoms with Crippen molar-refractivity contribution in [3.05, 3.63) is 18.2 Å². The third-order valence-electron chi connectivity index (χ3n) is 5.54. The lowest BCUT2D eigenvalue weighted by molar-refractivity contribution is -0.122. The SMILES string of the molecule is CCC1=NS(=O)(=O)c2cc(NC(=O)C3CCC3)ccc2N1C[C@@H]1CCCO1. The van der Waals surface area contributed by atoms with Crippen molar-refractivity contribution in [2.24, 2.45) is 10.3 Å². The molecule has 2 fully saturated rings. The van der Waals surface area contributed by atoms with Crippen molar-refractivity contribution in [1.82, 2.24) is 0 Å². The van der Waals surface area contributed by atoms with Crippen LogP contribution in [0.2, 0.25) is 0 Å². The van der Waals surface area contributed by atoms with Crippen LogP contribution in [0.1, 0.15) is 45.4 Å². The molecule has 1 amide bonds. The summed E-state index contributed by atoms with van der Waals surface area (Å²) in [6.07, 6.45) is 5.45. The van der Waals surface area contributed by atoms with Crippen molar-refractivity contribution in [3.8, 4) is 0 Å². The van der Waals surface area contributed by atoms with Crippen molar-refractivity contribution >= 4 is 33.1 Å². The van der Waals surface area contributed by atoms with Crippen LogP contribution in [0.3, 0.4) is 0 Å². The van der Waals surface area contributed by atoms with Crippen LogP contribution in [-0.2, 0) is 19.6 Å². The minimum Gasteiger partial charge on any atom is -0.376 e. The zero-order chi connectivity index (χ0) is 19.0. The Morgan fingerprint density at radius 3 is 2.74 bits per heavy atom. The van der Waals surface area contributed by atoms with Crippen LogP contribution in [0.15, 0.2) is 27.5 Å². The smallest absolute Gasteiger partial charge is 0.286 e. The van der Waals surface area contributed by atoms with Crippen LogP contribution >= 0.6 is 0 Å². The summed E-state index contributed by atoms with van der Waals surface area (Å²) in [5.74, 6) is 0.533. The van der Waals surface area contributed by atoms with Crippen molar-refractivity contribution in [2.45, 2.75) is 56.4 Å². The number of carbonyl (C=O) groups is 1. The summed E-state index contributed by atoms with van der Waals surface area (Å²) in [6, 6.07) is 5.06. The summed E-state index contributed by atoms with van der Waals surface area (Å²) in [7, 11) is -3.79. The van der Waals surface area contributed by atoms with E-state index in [1.165, 1.54) is 6.07 Å². The maximum Gasteiger partial charge on any atom is 0.286 e. The molecule has 2 heterocycles. The largest absolute Gasteiger partial charge is 0.376 e. The summed E-state index contributed by atoms with van der Waals surface area (Å²) in [6.45, 7) is 3.23. The Morgan fingerprint density at radius 1 is 1.30 bits per heavy atom. The number of sulfonamides is 1. The lowest BCUT2D eigenvalue weighted by Crippen LogP contribution is -2.40. The van der Waals surface area contributed by atoms with E-state index >= 15 is 0 Å². The van der Waals surface area contributed by atoms with Gasteiger partial charge in [-0.1, -0.05) is 13.3 Å². The number of ether oxygens (including phenoxy) is 1. The van der Waals surface area contributed by atoms with Gasteiger partial charge in [-0.05, 0) is 43.9 Å². The van der Waals surface area contributed by atoms with Gasteiger partial charge in [0.2, 0.25) is 5.91 Å². The Hall–Kier alpha value is -1.93. The highest BCUT2D eigenvalue weighted by molar-refractivity contribution is 7.90. The average molecular weight is 391 g/mol. The van der Waals surface area contributed by atoms with E-state index < -0.39 is 10.0 Å². The van der Waals surface area contributed by atoms with Gasteiger partial charge in [-0.3, -0.25) is 4.79 Å². The molecule has 0 spiro atoms. The van der Waals surface area contributed by atoms with E-state index in [-0.39, 0.29) is 22.8 Å². The molecule has 1 aromatic rings. The van der Waals surface area contributed by atoms with E-state index in [2.05, 4.69) is 9.71 Å². The fourth-order valence-corrected chi connectivity index (χ4v) is 5.09. The summed E-state index contributed by atoms with van der Waals surface area (Å²) in [5, 5.41) is 2.85. The fourth-order valence-electron chi connectivity index (χ4n) is 3.76. The third-order valence-corrected chi connectivity index (χ3v) is 6.87. The zero-order valence-corrected chi connectivity index (χ0v) is 16.3. The molecule has 1 saturated heterocycles. The molecule has 4 rings (SSSR count). The molecular weight excluding hydrogens is 366 g/mol. The molecule has 146 valence electrons. The predicted molar refractivity (Wildman–Crippen MR) is 104 cm³/mol. The third kappa shape index (κ3) is 3.60. The summed E-state index contributed by atoms with van der Waals surface area (Å²) in [5.41, 5.74) is 1.11. The second kappa shape index (κ2) is 7.24. The molecule has 2 aliphatic heterocycles. The number of amidine groups is 1. The first-order valence-corrected chi connectivity index (χ1v) is 11.1. The van der Waals surface area contributed by atoms with Gasteiger partial charge in [0.25, 0.3) is 10.0 Å². The number of amides is 1. The molecule has 0 unspecified atom stereocenters. The molecule has 1 atom stereocenters. The zero-order valence-electron chi connectivity index (χ0n) is 15.5. The fraction of sp³-hybridized carbons (Fsp3) is 0.579. The van der Waals surface area contributed by atoms with Crippen LogP contribution in [0.25, 0.3) is 0 Å². The van der Waals surface area contributed by atoms with E-state index in [9.17, 15) is 13.2 Å². The van der Waals surface area contributed by atoms with Crippen LogP contribution in [0.5, 0.6) is 0 Å². The van der Waals surface area contributed by atoms with Gasteiger partial charge in [0.1, 0.15) is 10.7 Å². The number of hydrogen-bond donors (Lipinski definition) is 1. The highest BCUT2D eigenvalue weighted by Crippen LogP contribution is 2.36. The van der Waals surface area contributed by atoms with Gasteiger partial charge >= 0.3 is 0 Å². The Balaban J connectivity index is 1.65. The topological polar surface area (TPSA) is 88.1 Å². The molecule has 1 saturated carbocycles. The van der Waals surface area contributed by atoms with Crippen LogP contribution in [-0.4, -0.2) is 39.4 Å². The van der Waals surface area contributed by atoms with E-state index in [1.54, 1.807) is 12.1 Å². The van der Waals surface area contributed by atoms with Gasteiger partial charge < -0.3 is 15.0 Å². The van der Waals surface area contributed by atoms with Crippen LogP contribution in [0, 0.1) is 5.92 Å². The number of nitrogens with one attached hydrogen (secondary N) is 1. The van der Waals surface area contributed by atoms with Gasteiger partial charge in [0.15, 0.2) is 0 Å². The number of benzene rings is 1. The quantitative estimate of drug-likeness (QED) is 0.834. The molecule has 8 heteroatoms. The second-order valence-corrected chi connectivity index (χ2v) is 8.95. The maximum absolute atomic E-state index is 12.7. The molecule has 7 nitrogen and oxygen atoms in total. The maximum atomic E-state index is 12.7. The van der Waals surface area contributed by atoms with Crippen LogP contribution < -0.4 is 10.2 Å². The van der Waals surface area contributed by atoms with E-state index in [0.29, 0.717) is 30.2 Å². The second-order valence-electron chi connectivity index (χ2n) is 7.38. The number of carbonyl (C=O) groups excluding carboxylic acids is 1. The standard InChI is InChI=1S/C19H25N3O4S/c1-2-18-21-27(24,25)17-11-14(20-19(23)13-5-3-6-13)8-9-16(17)22(18)12-15-7-4-10-26-15/h8-9,11,13,15H,2-7,10,12H2,1H3,(H,20,23)/t15-/m0/s1. The summed E-state index contributed by atoms with van der Waals surface area (Å²) < 4.78 is 35.2. The molecule has 27 heavy (non-hydrogen) atoms. The average Bonchev–Trinajstić information content (AvgIpc) is 3.09. The summed E-state index contributed by atoms with van der Waals surface area (Å²) in [4.78, 5) is 14.3. The number of hydrogen-bond acceptors (Lipinski definition) is 5. The van der Waals surface area contributed by atoms with Crippen molar-refractivity contribution < 1.29 is 17.9 Å². The number of rotatable bonds is 5. The first-order valence-electron chi connectivity index (χ1n) is 9.66. The Bertz CT molecular complexity index is 871. The molecule has 1 aromatic carbocycles. The molecule has 1 N–H and O–H groups in total. The Labute approximate surface area is 159 Å². The molecule has 0 bridgehead atoms. The molecule has 3 aliphatic rings. The van der Waals surface area contributed by atoms with Crippen molar-refractivity contribution in [2.75, 3.05) is 23.4 Å². The van der Waals surface area contributed by atoms with Gasteiger partial charge in [0, 0.05) is 24.6 Å². The number of fused-ring (bicyclic) bond motifs is 1. The number of anilines is 2. The molecule has 0 aromatic heterocycles. The predicted octanol–water partition coefficient (Wildman–Crippen LogP) is 2.92. The summed E-state index contributed by atoms with van der Waals surface area (Å²) >= 11 is 0. The van der Waals surface area contributed by atoms with Crippen LogP contribution in [0.4, 0.5) is 11.4 Å². The molecule has 1 aliphatic carbocycles. The van der Waals surface area contributed by atoms with Gasteiger partial charge in [0.05, 0.1) is 18.3 Å². The molecule has 0 radical (unpaired) electrons. The highest BCUT2D eigenvalue weighted by atomic mass is 32.2. The van der Waals surface area contributed by atoms with E-state index in [0.717, 1.165) is 38.7 Å². The molecular formula is C19H25N3O4S. The first kappa shape index (κ1) is 18.4. The lowest BCUT2D eigenvalue weighted by Gasteiger charge is -2.32. The van der Waals surface area contributed by atoms with E-state index in [4.69, 9.17) is 4.74 Å². The van der Waals surface area contributed by atoms with Gasteiger partial charge in [-0.15, -0.1) is 4.40 Å². The number of nitrogens with zero attached hydrogens (tertiary/aromatic N) is 2. The highest BCUT2D eigenvalue weighted by Gasteiger charge is 2.33. The van der Waals surface area contributed by atoms with E-state index in [1.807, 2.05) is 11.8 Å². The monoisotopic (exact) mass is 391 g/mol. The van der Waals surface area contributed by atoms with Crippen molar-refractivity contribution in [1.29, 1.82) is 0 Å². The minimum absolute atomic E-state index is 0.0385. The normalized spacial score (nSPS) is 24.1. The Kier molecular flexibility index (Phi) is 4.94. The minimum atomic E-state index is -3.79.